The molecular formula is C18H32N6O6S. The number of amides is 4. The number of primary amides is 1. The maximum atomic E-state index is 12.9. The second-order valence-corrected chi connectivity index (χ2v) is 7.76. The maximum Gasteiger partial charge on any atom is 0.326 e. The highest BCUT2D eigenvalue weighted by molar-refractivity contribution is 7.80. The molecule has 1 aliphatic heterocycles. The monoisotopic (exact) mass is 460 g/mol. The van der Waals surface area contributed by atoms with Crippen LogP contribution in [0.2, 0.25) is 0 Å². The summed E-state index contributed by atoms with van der Waals surface area (Å²) in [6.45, 7) is 0.695. The Hall–Kier alpha value is -2.38. The van der Waals surface area contributed by atoms with Crippen molar-refractivity contribution in [3.63, 3.8) is 0 Å². The van der Waals surface area contributed by atoms with Crippen molar-refractivity contribution in [2.45, 2.75) is 62.7 Å². The molecule has 0 aromatic carbocycles. The zero-order valence-corrected chi connectivity index (χ0v) is 18.2. The van der Waals surface area contributed by atoms with Crippen LogP contribution in [0.25, 0.3) is 0 Å². The van der Waals surface area contributed by atoms with Gasteiger partial charge in [-0.1, -0.05) is 0 Å². The predicted molar refractivity (Wildman–Crippen MR) is 115 cm³/mol. The average molecular weight is 461 g/mol. The number of aliphatic carboxylic acids is 1. The molecule has 1 heterocycles. The van der Waals surface area contributed by atoms with Crippen molar-refractivity contribution in [1.82, 2.24) is 15.5 Å². The first kappa shape index (κ1) is 26.7. The molecule has 0 aromatic rings. The molecule has 0 bridgehead atoms. The van der Waals surface area contributed by atoms with Crippen LogP contribution < -0.4 is 27.8 Å². The number of nitrogens with one attached hydrogen (secondary N) is 2. The van der Waals surface area contributed by atoms with Crippen LogP contribution in [0.15, 0.2) is 0 Å². The minimum absolute atomic E-state index is 0.0600. The van der Waals surface area contributed by atoms with Crippen molar-refractivity contribution in [2.75, 3.05) is 18.8 Å². The van der Waals surface area contributed by atoms with E-state index in [4.69, 9.17) is 17.2 Å². The Bertz CT molecular complexity index is 678. The Balaban J connectivity index is 2.79. The van der Waals surface area contributed by atoms with Crippen LogP contribution in [-0.2, 0) is 24.0 Å². The van der Waals surface area contributed by atoms with Gasteiger partial charge < -0.3 is 37.8 Å². The Morgan fingerprint density at radius 2 is 1.81 bits per heavy atom. The number of thiol groups is 1. The maximum absolute atomic E-state index is 12.9. The molecule has 1 aliphatic rings. The number of hydrogen-bond acceptors (Lipinski definition) is 8. The fourth-order valence-electron chi connectivity index (χ4n) is 3.30. The SMILES string of the molecule is NCCCCC(NC(=O)C1CCCN1C(=O)C(CS)NC(=O)C(N)CC(N)=O)C(=O)O. The summed E-state index contributed by atoms with van der Waals surface area (Å²) in [5.74, 6) is -3.83. The van der Waals surface area contributed by atoms with E-state index in [-0.39, 0.29) is 25.1 Å². The molecule has 0 aromatic heterocycles. The second kappa shape index (κ2) is 13.1. The van der Waals surface area contributed by atoms with Gasteiger partial charge in [0.1, 0.15) is 18.1 Å². The van der Waals surface area contributed by atoms with Gasteiger partial charge in [-0.15, -0.1) is 0 Å². The number of carboxylic acid groups (broad SMARTS) is 1. The fourth-order valence-corrected chi connectivity index (χ4v) is 3.54. The quantitative estimate of drug-likeness (QED) is 0.113. The van der Waals surface area contributed by atoms with Gasteiger partial charge in [0.2, 0.25) is 23.6 Å². The molecule has 176 valence electrons. The van der Waals surface area contributed by atoms with Crippen molar-refractivity contribution in [3.05, 3.63) is 0 Å². The van der Waals surface area contributed by atoms with E-state index in [1.54, 1.807) is 0 Å². The largest absolute Gasteiger partial charge is 0.480 e. The molecule has 4 amide bonds. The molecule has 0 aliphatic carbocycles. The highest BCUT2D eigenvalue weighted by Gasteiger charge is 2.38. The minimum atomic E-state index is -1.21. The van der Waals surface area contributed by atoms with Crippen molar-refractivity contribution in [3.8, 4) is 0 Å². The molecular weight excluding hydrogens is 428 g/mol. The molecule has 1 fully saturated rings. The molecule has 1 rings (SSSR count). The standard InChI is InChI=1S/C18H32N6O6S/c19-6-2-1-4-11(18(29)30)22-16(27)13-5-3-7-24(13)17(28)12(9-31)23-15(26)10(20)8-14(21)25/h10-13,31H,1-9,19-20H2,(H2,21,25)(H,22,27)(H,23,26)(H,29,30). The van der Waals surface area contributed by atoms with Crippen molar-refractivity contribution in [2.24, 2.45) is 17.2 Å². The van der Waals surface area contributed by atoms with E-state index in [0.29, 0.717) is 32.2 Å². The van der Waals surface area contributed by atoms with Gasteiger partial charge in [0.25, 0.3) is 0 Å². The Morgan fingerprint density at radius 3 is 2.35 bits per heavy atom. The fraction of sp³-hybridized carbons (Fsp3) is 0.722. The average Bonchev–Trinajstić information content (AvgIpc) is 3.19. The summed E-state index contributed by atoms with van der Waals surface area (Å²) in [7, 11) is 0. The summed E-state index contributed by atoms with van der Waals surface area (Å²) >= 11 is 4.09. The number of hydrogen-bond donors (Lipinski definition) is 7. The zero-order chi connectivity index (χ0) is 23.6. The van der Waals surface area contributed by atoms with Gasteiger partial charge in [0.05, 0.1) is 12.5 Å². The highest BCUT2D eigenvalue weighted by Crippen LogP contribution is 2.19. The number of likely N-dealkylation sites (tertiary alicyclic amines) is 1. The third-order valence-electron chi connectivity index (χ3n) is 4.96. The molecule has 0 radical (unpaired) electrons. The summed E-state index contributed by atoms with van der Waals surface area (Å²) in [4.78, 5) is 61.4. The van der Waals surface area contributed by atoms with Crippen LogP contribution in [0.3, 0.4) is 0 Å². The number of nitrogens with two attached hydrogens (primary N) is 3. The number of carbonyl (C=O) groups excluding carboxylic acids is 4. The summed E-state index contributed by atoms with van der Waals surface area (Å²) in [5, 5.41) is 14.3. The molecule has 4 unspecified atom stereocenters. The molecule has 0 spiro atoms. The topological polar surface area (TPSA) is 211 Å². The number of unbranched alkanes of at least 4 members (excludes halogenated alkanes) is 1. The smallest absolute Gasteiger partial charge is 0.326 e. The van der Waals surface area contributed by atoms with E-state index >= 15 is 0 Å². The zero-order valence-electron chi connectivity index (χ0n) is 17.3. The van der Waals surface area contributed by atoms with Crippen LogP contribution in [0, 0.1) is 0 Å². The number of rotatable bonds is 13. The van der Waals surface area contributed by atoms with Crippen LogP contribution in [0.1, 0.15) is 38.5 Å². The first-order valence-corrected chi connectivity index (χ1v) is 10.7. The van der Waals surface area contributed by atoms with Crippen LogP contribution in [0.5, 0.6) is 0 Å². The molecule has 4 atom stereocenters. The van der Waals surface area contributed by atoms with Gasteiger partial charge in [0, 0.05) is 12.3 Å². The lowest BCUT2D eigenvalue weighted by Crippen LogP contribution is -2.57. The second-order valence-electron chi connectivity index (χ2n) is 7.39. The third kappa shape index (κ3) is 8.34. The van der Waals surface area contributed by atoms with Gasteiger partial charge in [-0.2, -0.15) is 12.6 Å². The highest BCUT2D eigenvalue weighted by atomic mass is 32.1. The summed E-state index contributed by atoms with van der Waals surface area (Å²) < 4.78 is 0. The van der Waals surface area contributed by atoms with Crippen LogP contribution >= 0.6 is 12.6 Å². The third-order valence-corrected chi connectivity index (χ3v) is 5.32. The van der Waals surface area contributed by atoms with Crippen LogP contribution in [0.4, 0.5) is 0 Å². The van der Waals surface area contributed by atoms with Gasteiger partial charge >= 0.3 is 5.97 Å². The van der Waals surface area contributed by atoms with Gasteiger partial charge in [-0.25, -0.2) is 4.79 Å². The minimum Gasteiger partial charge on any atom is -0.480 e. The van der Waals surface area contributed by atoms with Crippen molar-refractivity contribution >= 4 is 42.2 Å². The number of nitrogens with zero attached hydrogens (tertiary/aromatic N) is 1. The first-order chi connectivity index (χ1) is 14.6. The number of carbonyl (C=O) groups is 5. The van der Waals surface area contributed by atoms with E-state index in [2.05, 4.69) is 23.3 Å². The molecule has 12 nitrogen and oxygen atoms in total. The van der Waals surface area contributed by atoms with E-state index in [9.17, 15) is 29.1 Å². The molecule has 1 saturated heterocycles. The van der Waals surface area contributed by atoms with Gasteiger partial charge in [0.15, 0.2) is 0 Å². The van der Waals surface area contributed by atoms with Gasteiger partial charge in [-0.05, 0) is 38.6 Å². The lowest BCUT2D eigenvalue weighted by Gasteiger charge is -2.29. The summed E-state index contributed by atoms with van der Waals surface area (Å²) in [6, 6.07) is -4.22. The molecule has 31 heavy (non-hydrogen) atoms. The lowest BCUT2D eigenvalue weighted by atomic mass is 10.1. The van der Waals surface area contributed by atoms with E-state index in [0.717, 1.165) is 0 Å². The Labute approximate surface area is 186 Å². The molecule has 9 N–H and O–H groups in total. The number of carboxylic acids is 1. The van der Waals surface area contributed by atoms with Crippen LogP contribution in [-0.4, -0.2) is 82.6 Å². The summed E-state index contributed by atoms with van der Waals surface area (Å²) in [5.41, 5.74) is 16.0. The normalized spacial score (nSPS) is 18.7. The van der Waals surface area contributed by atoms with Crippen molar-refractivity contribution < 1.29 is 29.1 Å². The lowest BCUT2D eigenvalue weighted by molar-refractivity contribution is -0.144. The first-order valence-electron chi connectivity index (χ1n) is 10.1. The predicted octanol–water partition coefficient (Wildman–Crippen LogP) is -2.71. The van der Waals surface area contributed by atoms with E-state index < -0.39 is 53.8 Å². The molecule has 0 saturated carbocycles. The van der Waals surface area contributed by atoms with Crippen molar-refractivity contribution in [1.29, 1.82) is 0 Å². The summed E-state index contributed by atoms with van der Waals surface area (Å²) in [6.07, 6.45) is 1.93. The van der Waals surface area contributed by atoms with E-state index in [1.165, 1.54) is 4.90 Å². The Kier molecular flexibility index (Phi) is 11.3. The Morgan fingerprint density at radius 1 is 1.13 bits per heavy atom. The van der Waals surface area contributed by atoms with E-state index in [1.807, 2.05) is 0 Å². The molecule has 13 heteroatoms. The van der Waals surface area contributed by atoms with Gasteiger partial charge in [-0.3, -0.25) is 19.2 Å².